The molecule has 5 nitrogen and oxygen atoms in total. The number of nitrogens with zero attached hydrogens (tertiary/aromatic N) is 1. The Balaban J connectivity index is 2.71. The average molecular weight is 274 g/mol. The van der Waals surface area contributed by atoms with Gasteiger partial charge in [0.15, 0.2) is 0 Å². The number of methoxy groups -OCH3 is 1. The maximum absolute atomic E-state index is 9.16. The van der Waals surface area contributed by atoms with Crippen LogP contribution in [0, 0.1) is 5.92 Å². The van der Waals surface area contributed by atoms with E-state index >= 15 is 0 Å². The van der Waals surface area contributed by atoms with Crippen molar-refractivity contribution >= 4 is 0 Å². The molecular weight excluding hydrogens is 244 g/mol. The standard InChI is InChI=1S/C14H30N2O3/c1-13(2)11(12(15)14(3,4)19-13)10-16(6-8-17)7-9-18-5/h11-12,17H,6-10,15H2,1-5H3. The van der Waals surface area contributed by atoms with Crippen LogP contribution < -0.4 is 5.73 Å². The predicted octanol–water partition coefficient (Wildman–Crippen LogP) is 0.458. The van der Waals surface area contributed by atoms with E-state index in [9.17, 15) is 0 Å². The van der Waals surface area contributed by atoms with Crippen molar-refractivity contribution in [3.8, 4) is 0 Å². The lowest BCUT2D eigenvalue weighted by Crippen LogP contribution is -2.49. The van der Waals surface area contributed by atoms with Crippen molar-refractivity contribution in [1.29, 1.82) is 0 Å². The molecule has 0 bridgehead atoms. The Bertz CT molecular complexity index is 282. The quantitative estimate of drug-likeness (QED) is 0.706. The van der Waals surface area contributed by atoms with Gasteiger partial charge in [-0.2, -0.15) is 0 Å². The van der Waals surface area contributed by atoms with Crippen LogP contribution >= 0.6 is 0 Å². The van der Waals surface area contributed by atoms with Crippen LogP contribution in [0.2, 0.25) is 0 Å². The second-order valence-electron chi connectivity index (χ2n) is 6.46. The molecule has 0 amide bonds. The molecule has 1 fully saturated rings. The van der Waals surface area contributed by atoms with Gasteiger partial charge in [-0.15, -0.1) is 0 Å². The summed E-state index contributed by atoms with van der Waals surface area (Å²) in [5.41, 5.74) is 5.81. The van der Waals surface area contributed by atoms with Crippen molar-refractivity contribution in [2.75, 3.05) is 40.0 Å². The topological polar surface area (TPSA) is 68.0 Å². The van der Waals surface area contributed by atoms with Crippen molar-refractivity contribution in [2.45, 2.75) is 44.9 Å². The fraction of sp³-hybridized carbons (Fsp3) is 1.00. The van der Waals surface area contributed by atoms with Crippen molar-refractivity contribution in [1.82, 2.24) is 4.90 Å². The van der Waals surface area contributed by atoms with E-state index in [0.29, 0.717) is 13.2 Å². The molecule has 1 heterocycles. The van der Waals surface area contributed by atoms with Crippen LogP contribution in [0.15, 0.2) is 0 Å². The summed E-state index contributed by atoms with van der Waals surface area (Å²) in [6, 6.07) is -0.00811. The van der Waals surface area contributed by atoms with Gasteiger partial charge >= 0.3 is 0 Å². The highest BCUT2D eigenvalue weighted by Gasteiger charge is 2.52. The van der Waals surface area contributed by atoms with E-state index in [1.54, 1.807) is 7.11 Å². The van der Waals surface area contributed by atoms with Gasteiger partial charge < -0.3 is 20.3 Å². The summed E-state index contributed by atoms with van der Waals surface area (Å²) in [5.74, 6) is 0.242. The fourth-order valence-electron chi connectivity index (χ4n) is 3.01. The maximum atomic E-state index is 9.16. The zero-order valence-electron chi connectivity index (χ0n) is 13.0. The number of hydrogen-bond acceptors (Lipinski definition) is 5. The van der Waals surface area contributed by atoms with Crippen LogP contribution in [-0.4, -0.2) is 67.2 Å². The third kappa shape index (κ3) is 4.13. The van der Waals surface area contributed by atoms with Crippen molar-refractivity contribution in [3.05, 3.63) is 0 Å². The van der Waals surface area contributed by atoms with Gasteiger partial charge in [0.25, 0.3) is 0 Å². The van der Waals surface area contributed by atoms with Gasteiger partial charge in [-0.1, -0.05) is 0 Å². The summed E-state index contributed by atoms with van der Waals surface area (Å²) in [6.45, 7) is 11.4. The van der Waals surface area contributed by atoms with E-state index in [2.05, 4.69) is 18.7 Å². The van der Waals surface area contributed by atoms with E-state index in [-0.39, 0.29) is 29.8 Å². The number of nitrogens with two attached hydrogens (primary N) is 1. The number of hydrogen-bond donors (Lipinski definition) is 2. The Hall–Kier alpha value is -0.200. The normalized spacial score (nSPS) is 29.1. The van der Waals surface area contributed by atoms with Crippen LogP contribution in [0.4, 0.5) is 0 Å². The lowest BCUT2D eigenvalue weighted by molar-refractivity contribution is -0.0789. The van der Waals surface area contributed by atoms with Crippen molar-refractivity contribution in [2.24, 2.45) is 11.7 Å². The van der Waals surface area contributed by atoms with Gasteiger partial charge in [0.05, 0.1) is 24.4 Å². The summed E-state index contributed by atoms with van der Waals surface area (Å²) in [5, 5.41) is 9.16. The predicted molar refractivity (Wildman–Crippen MR) is 76.1 cm³/mol. The van der Waals surface area contributed by atoms with Gasteiger partial charge in [-0.25, -0.2) is 0 Å². The molecule has 3 N–H and O–H groups in total. The Labute approximate surface area is 117 Å². The second-order valence-corrected chi connectivity index (χ2v) is 6.46. The molecule has 2 atom stereocenters. The van der Waals surface area contributed by atoms with Crippen molar-refractivity contribution < 1.29 is 14.6 Å². The molecular formula is C14H30N2O3. The minimum atomic E-state index is -0.305. The lowest BCUT2D eigenvalue weighted by atomic mass is 9.82. The summed E-state index contributed by atoms with van der Waals surface area (Å²) >= 11 is 0. The highest BCUT2D eigenvalue weighted by atomic mass is 16.5. The molecule has 1 aliphatic heterocycles. The van der Waals surface area contributed by atoms with Gasteiger partial charge in [0.2, 0.25) is 0 Å². The van der Waals surface area contributed by atoms with E-state index in [4.69, 9.17) is 20.3 Å². The number of ether oxygens (including phenoxy) is 2. The monoisotopic (exact) mass is 274 g/mol. The molecule has 1 rings (SSSR count). The molecule has 2 unspecified atom stereocenters. The molecule has 0 aromatic rings. The Morgan fingerprint density at radius 3 is 2.26 bits per heavy atom. The summed E-state index contributed by atoms with van der Waals surface area (Å²) in [6.07, 6.45) is 0. The minimum Gasteiger partial charge on any atom is -0.395 e. The van der Waals surface area contributed by atoms with Gasteiger partial charge in [-0.3, -0.25) is 4.90 Å². The first kappa shape index (κ1) is 16.9. The molecule has 0 aromatic carbocycles. The van der Waals surface area contributed by atoms with E-state index in [0.717, 1.165) is 13.1 Å². The highest BCUT2D eigenvalue weighted by Crippen LogP contribution is 2.41. The SMILES string of the molecule is COCCN(CCO)CC1C(N)C(C)(C)OC1(C)C. The summed E-state index contributed by atoms with van der Waals surface area (Å²) in [4.78, 5) is 2.19. The van der Waals surface area contributed by atoms with Crippen molar-refractivity contribution in [3.63, 3.8) is 0 Å². The molecule has 1 saturated heterocycles. The molecule has 5 heteroatoms. The number of aliphatic hydroxyl groups excluding tert-OH is 1. The maximum Gasteiger partial charge on any atom is 0.0788 e. The van der Waals surface area contributed by atoms with Gasteiger partial charge in [-0.05, 0) is 27.7 Å². The zero-order chi connectivity index (χ0) is 14.7. The lowest BCUT2D eigenvalue weighted by Gasteiger charge is -2.32. The molecule has 0 saturated carbocycles. The zero-order valence-corrected chi connectivity index (χ0v) is 13.0. The van der Waals surface area contributed by atoms with Crippen LogP contribution in [-0.2, 0) is 9.47 Å². The molecule has 0 radical (unpaired) electrons. The number of rotatable bonds is 7. The smallest absolute Gasteiger partial charge is 0.0788 e. The Morgan fingerprint density at radius 1 is 1.21 bits per heavy atom. The van der Waals surface area contributed by atoms with Crippen LogP contribution in [0.3, 0.4) is 0 Å². The second kappa shape index (κ2) is 6.50. The first-order valence-corrected chi connectivity index (χ1v) is 7.02. The Morgan fingerprint density at radius 2 is 1.84 bits per heavy atom. The Kier molecular flexibility index (Phi) is 5.77. The van der Waals surface area contributed by atoms with E-state index < -0.39 is 0 Å². The largest absolute Gasteiger partial charge is 0.395 e. The molecule has 0 aliphatic carbocycles. The molecule has 114 valence electrons. The fourth-order valence-corrected chi connectivity index (χ4v) is 3.01. The van der Waals surface area contributed by atoms with E-state index in [1.807, 2.05) is 13.8 Å². The molecule has 0 aromatic heterocycles. The highest BCUT2D eigenvalue weighted by molar-refractivity contribution is 5.04. The molecule has 0 spiro atoms. The molecule has 1 aliphatic rings. The first-order valence-electron chi connectivity index (χ1n) is 7.02. The minimum absolute atomic E-state index is 0.00811. The number of aliphatic hydroxyl groups is 1. The van der Waals surface area contributed by atoms with Crippen LogP contribution in [0.5, 0.6) is 0 Å². The molecule has 19 heavy (non-hydrogen) atoms. The van der Waals surface area contributed by atoms with Gasteiger partial charge in [0, 0.05) is 38.7 Å². The first-order chi connectivity index (χ1) is 8.74. The third-order valence-electron chi connectivity index (χ3n) is 4.14. The van der Waals surface area contributed by atoms with Crippen LogP contribution in [0.1, 0.15) is 27.7 Å². The summed E-state index contributed by atoms with van der Waals surface area (Å²) < 4.78 is 11.2. The van der Waals surface area contributed by atoms with E-state index in [1.165, 1.54) is 0 Å². The average Bonchev–Trinajstić information content (AvgIpc) is 2.44. The summed E-state index contributed by atoms with van der Waals surface area (Å²) in [7, 11) is 1.69. The third-order valence-corrected chi connectivity index (χ3v) is 4.14. The van der Waals surface area contributed by atoms with Gasteiger partial charge in [0.1, 0.15) is 0 Å². The van der Waals surface area contributed by atoms with Crippen LogP contribution in [0.25, 0.3) is 0 Å².